The number of hydrogen-bond donors (Lipinski definition) is 3. The molecule has 32 heavy (non-hydrogen) atoms. The minimum Gasteiger partial charge on any atom is -0.325 e. The number of fused-ring (bicyclic) bond motifs is 2. The van der Waals surface area contributed by atoms with Crippen molar-refractivity contribution in [3.05, 3.63) is 66.5 Å². The lowest BCUT2D eigenvalue weighted by atomic mass is 9.86. The van der Waals surface area contributed by atoms with E-state index in [2.05, 4.69) is 30.4 Å². The molecule has 162 valence electrons. The minimum absolute atomic E-state index is 0.0554. The van der Waals surface area contributed by atoms with Crippen LogP contribution in [0.4, 0.5) is 23.1 Å². The first kappa shape index (κ1) is 19.9. The Kier molecular flexibility index (Phi) is 4.38. The third-order valence-electron chi connectivity index (χ3n) is 5.30. The first-order chi connectivity index (χ1) is 15.2. The summed E-state index contributed by atoms with van der Waals surface area (Å²) in [6.07, 6.45) is 3.00. The van der Waals surface area contributed by atoms with Gasteiger partial charge >= 0.3 is 0 Å². The third kappa shape index (κ3) is 3.32. The highest BCUT2D eigenvalue weighted by Crippen LogP contribution is 2.38. The number of sulfonamides is 1. The lowest BCUT2D eigenvalue weighted by molar-refractivity contribution is -0.119. The summed E-state index contributed by atoms with van der Waals surface area (Å²) in [4.78, 5) is 20.8. The van der Waals surface area contributed by atoms with Crippen LogP contribution in [0.15, 0.2) is 65.8 Å². The summed E-state index contributed by atoms with van der Waals surface area (Å²) >= 11 is 0. The lowest BCUT2D eigenvalue weighted by Crippen LogP contribution is -2.26. The van der Waals surface area contributed by atoms with E-state index >= 15 is 0 Å². The van der Waals surface area contributed by atoms with Crippen LogP contribution in [0.3, 0.4) is 0 Å². The summed E-state index contributed by atoms with van der Waals surface area (Å²) in [7, 11) is -3.83. The summed E-state index contributed by atoms with van der Waals surface area (Å²) in [5.74, 6) is 0.249. The molecule has 1 aliphatic rings. The number of amides is 1. The van der Waals surface area contributed by atoms with Gasteiger partial charge < -0.3 is 10.6 Å². The predicted octanol–water partition coefficient (Wildman–Crippen LogP) is 2.90. The van der Waals surface area contributed by atoms with Crippen LogP contribution >= 0.6 is 0 Å². The van der Waals surface area contributed by atoms with Gasteiger partial charge in [-0.1, -0.05) is 24.3 Å². The highest BCUT2D eigenvalue weighted by molar-refractivity contribution is 7.92. The molecule has 0 unspecified atom stereocenters. The van der Waals surface area contributed by atoms with E-state index in [1.165, 1.54) is 22.8 Å². The van der Waals surface area contributed by atoms with Crippen molar-refractivity contribution in [3.63, 3.8) is 0 Å². The van der Waals surface area contributed by atoms with Crippen LogP contribution in [-0.2, 0) is 20.2 Å². The quantitative estimate of drug-likeness (QED) is 0.427. The molecular formula is C21H19N7O3S. The van der Waals surface area contributed by atoms with Crippen molar-refractivity contribution in [1.29, 1.82) is 0 Å². The highest BCUT2D eigenvalue weighted by Gasteiger charge is 2.38. The molecule has 0 aliphatic carbocycles. The second-order valence-corrected chi connectivity index (χ2v) is 9.54. The topological polar surface area (TPSA) is 130 Å². The van der Waals surface area contributed by atoms with E-state index in [-0.39, 0.29) is 28.2 Å². The highest BCUT2D eigenvalue weighted by atomic mass is 32.2. The van der Waals surface area contributed by atoms with Crippen molar-refractivity contribution in [1.82, 2.24) is 19.6 Å². The molecule has 0 saturated carbocycles. The van der Waals surface area contributed by atoms with Gasteiger partial charge in [-0.05, 0) is 43.7 Å². The van der Waals surface area contributed by atoms with E-state index in [1.54, 1.807) is 24.4 Å². The summed E-state index contributed by atoms with van der Waals surface area (Å²) in [6.45, 7) is 3.74. The number of nitrogens with one attached hydrogen (secondary N) is 3. The number of benzene rings is 2. The molecule has 0 radical (unpaired) electrons. The van der Waals surface area contributed by atoms with Crippen LogP contribution in [0.1, 0.15) is 19.4 Å². The Labute approximate surface area is 183 Å². The zero-order valence-corrected chi connectivity index (χ0v) is 18.0. The third-order valence-corrected chi connectivity index (χ3v) is 6.66. The number of anilines is 4. The van der Waals surface area contributed by atoms with Gasteiger partial charge in [0.15, 0.2) is 5.82 Å². The Morgan fingerprint density at radius 3 is 2.66 bits per heavy atom. The smallest absolute Gasteiger partial charge is 0.263 e. The van der Waals surface area contributed by atoms with Gasteiger partial charge in [-0.25, -0.2) is 17.9 Å². The number of carbonyl (C=O) groups is 1. The summed E-state index contributed by atoms with van der Waals surface area (Å²) in [5, 5.41) is 10.3. The molecule has 10 nitrogen and oxygen atoms in total. The maximum absolute atomic E-state index is 12.7. The Morgan fingerprint density at radius 1 is 1.09 bits per heavy atom. The molecule has 2 aromatic heterocycles. The fraction of sp³-hybridized carbons (Fsp3) is 0.143. The average molecular weight is 449 g/mol. The SMILES string of the molecule is CC1(C)C(=O)Nc2cc(Nc3nc4c(NS(=O)(=O)c5ccccc5)nccn4n3)ccc21. The van der Waals surface area contributed by atoms with Gasteiger partial charge in [0.25, 0.3) is 10.0 Å². The summed E-state index contributed by atoms with van der Waals surface area (Å²) in [5.41, 5.74) is 1.97. The molecule has 0 spiro atoms. The fourth-order valence-corrected chi connectivity index (χ4v) is 4.56. The van der Waals surface area contributed by atoms with Gasteiger partial charge in [-0.2, -0.15) is 4.98 Å². The molecule has 3 heterocycles. The van der Waals surface area contributed by atoms with Crippen molar-refractivity contribution in [3.8, 4) is 0 Å². The number of carbonyl (C=O) groups excluding carboxylic acids is 1. The molecular weight excluding hydrogens is 430 g/mol. The van der Waals surface area contributed by atoms with Crippen LogP contribution in [0.25, 0.3) is 5.65 Å². The number of aromatic nitrogens is 4. The molecule has 5 rings (SSSR count). The standard InChI is InChI=1S/C21H19N7O3S/c1-21(2)15-9-8-13(12-16(15)24-19(21)29)23-20-25-18-17(22-10-11-28(18)26-20)27-32(30,31)14-6-4-3-5-7-14/h3-12H,1-2H3,(H,22,27)(H,23,26)(H,24,29). The molecule has 11 heteroatoms. The molecule has 0 fully saturated rings. The van der Waals surface area contributed by atoms with E-state index in [1.807, 2.05) is 32.0 Å². The Balaban J connectivity index is 1.44. The number of rotatable bonds is 5. The van der Waals surface area contributed by atoms with E-state index in [4.69, 9.17) is 0 Å². The van der Waals surface area contributed by atoms with Crippen LogP contribution in [0, 0.1) is 0 Å². The van der Waals surface area contributed by atoms with Crippen LogP contribution in [-0.4, -0.2) is 33.9 Å². The lowest BCUT2D eigenvalue weighted by Gasteiger charge is -2.14. The van der Waals surface area contributed by atoms with E-state index in [0.29, 0.717) is 5.69 Å². The fourth-order valence-electron chi connectivity index (χ4n) is 3.53. The first-order valence-corrected chi connectivity index (χ1v) is 11.2. The van der Waals surface area contributed by atoms with Gasteiger partial charge in [0.1, 0.15) is 0 Å². The zero-order chi connectivity index (χ0) is 22.5. The van der Waals surface area contributed by atoms with E-state index in [0.717, 1.165) is 11.3 Å². The molecule has 0 saturated heterocycles. The van der Waals surface area contributed by atoms with Crippen LogP contribution in [0.5, 0.6) is 0 Å². The molecule has 3 N–H and O–H groups in total. The summed E-state index contributed by atoms with van der Waals surface area (Å²) < 4.78 is 29.2. The maximum Gasteiger partial charge on any atom is 0.263 e. The van der Waals surface area contributed by atoms with Crippen molar-refractivity contribution >= 4 is 44.7 Å². The largest absolute Gasteiger partial charge is 0.325 e. The van der Waals surface area contributed by atoms with Crippen molar-refractivity contribution in [2.24, 2.45) is 0 Å². The van der Waals surface area contributed by atoms with Gasteiger partial charge in [-0.15, -0.1) is 5.10 Å². The van der Waals surface area contributed by atoms with Gasteiger partial charge in [0.2, 0.25) is 17.5 Å². The second kappa shape index (κ2) is 7.02. The second-order valence-electron chi connectivity index (χ2n) is 7.86. The van der Waals surface area contributed by atoms with Gasteiger partial charge in [-0.3, -0.25) is 9.52 Å². The Hall–Kier alpha value is -3.99. The predicted molar refractivity (Wildman–Crippen MR) is 119 cm³/mol. The van der Waals surface area contributed by atoms with Gasteiger partial charge in [0.05, 0.1) is 10.3 Å². The minimum atomic E-state index is -3.83. The molecule has 1 aliphatic heterocycles. The summed E-state index contributed by atoms with van der Waals surface area (Å²) in [6, 6.07) is 13.5. The Morgan fingerprint density at radius 2 is 1.88 bits per heavy atom. The first-order valence-electron chi connectivity index (χ1n) is 9.76. The molecule has 0 bridgehead atoms. The van der Waals surface area contributed by atoms with Crippen LogP contribution < -0.4 is 15.4 Å². The van der Waals surface area contributed by atoms with Crippen molar-refractivity contribution in [2.45, 2.75) is 24.2 Å². The molecule has 1 amide bonds. The van der Waals surface area contributed by atoms with Crippen molar-refractivity contribution in [2.75, 3.05) is 15.4 Å². The van der Waals surface area contributed by atoms with E-state index < -0.39 is 15.4 Å². The van der Waals surface area contributed by atoms with Gasteiger partial charge in [0, 0.05) is 23.8 Å². The Bertz CT molecular complexity index is 1460. The van der Waals surface area contributed by atoms with Crippen molar-refractivity contribution < 1.29 is 13.2 Å². The van der Waals surface area contributed by atoms with Crippen LogP contribution in [0.2, 0.25) is 0 Å². The zero-order valence-electron chi connectivity index (χ0n) is 17.2. The normalized spacial score (nSPS) is 14.8. The molecule has 2 aromatic carbocycles. The van der Waals surface area contributed by atoms with E-state index in [9.17, 15) is 13.2 Å². The monoisotopic (exact) mass is 449 g/mol. The number of hydrogen-bond acceptors (Lipinski definition) is 7. The average Bonchev–Trinajstić information content (AvgIpc) is 3.26. The molecule has 4 aromatic rings. The maximum atomic E-state index is 12.7. The number of nitrogens with zero attached hydrogens (tertiary/aromatic N) is 4. The molecule has 0 atom stereocenters.